The van der Waals surface area contributed by atoms with Gasteiger partial charge in [-0.2, -0.15) is 5.26 Å². The van der Waals surface area contributed by atoms with Crippen molar-refractivity contribution < 1.29 is 9.47 Å². The van der Waals surface area contributed by atoms with Gasteiger partial charge in [-0.1, -0.05) is 70.0 Å². The molecule has 5 heteroatoms. The number of hydrogen-bond acceptors (Lipinski definition) is 3. The van der Waals surface area contributed by atoms with Gasteiger partial charge in [-0.25, -0.2) is 0 Å². The van der Waals surface area contributed by atoms with Gasteiger partial charge in [0.25, 0.3) is 0 Å². The molecule has 0 fully saturated rings. The topological polar surface area (TPSA) is 42.2 Å². The highest BCUT2D eigenvalue weighted by Crippen LogP contribution is 2.36. The Bertz CT molecular complexity index is 1040. The number of benzene rings is 3. The molecule has 0 saturated carbocycles. The van der Waals surface area contributed by atoms with E-state index in [0.717, 1.165) is 21.2 Å². The lowest BCUT2D eigenvalue weighted by Crippen LogP contribution is -2.00. The Morgan fingerprint density at radius 1 is 1.03 bits per heavy atom. The minimum absolute atomic E-state index is 0.395. The molecule has 0 aliphatic heterocycles. The molecule has 3 nitrogen and oxygen atoms in total. The van der Waals surface area contributed by atoms with Crippen LogP contribution in [0.3, 0.4) is 0 Å². The Balaban J connectivity index is 1.90. The lowest BCUT2D eigenvalue weighted by atomic mass is 10.0. The van der Waals surface area contributed by atoms with Gasteiger partial charge in [-0.15, -0.1) is 0 Å². The standard InChI is InChI=1S/C24H19BrClNO2/c1-2-28-23-13-19(12-20(15-27)18-6-4-3-5-7-18)22(25)14-24(23)29-16-17-8-10-21(26)11-9-17/h3-14H,2,16H2,1H3/b20-12+. The second-order valence-corrected chi connectivity index (χ2v) is 7.50. The lowest BCUT2D eigenvalue weighted by Gasteiger charge is -2.14. The molecule has 0 atom stereocenters. The first-order valence-corrected chi connectivity index (χ1v) is 10.3. The number of halogens is 2. The van der Waals surface area contributed by atoms with Crippen molar-refractivity contribution in [3.63, 3.8) is 0 Å². The van der Waals surface area contributed by atoms with E-state index in [0.29, 0.717) is 35.3 Å². The summed E-state index contributed by atoms with van der Waals surface area (Å²) in [6.07, 6.45) is 1.84. The molecule has 0 spiro atoms. The third-order valence-electron chi connectivity index (χ3n) is 4.18. The van der Waals surface area contributed by atoms with E-state index in [9.17, 15) is 5.26 Å². The van der Waals surface area contributed by atoms with Crippen molar-refractivity contribution in [2.75, 3.05) is 6.61 Å². The van der Waals surface area contributed by atoms with Crippen LogP contribution in [0.15, 0.2) is 71.2 Å². The number of ether oxygens (including phenoxy) is 2. The monoisotopic (exact) mass is 467 g/mol. The van der Waals surface area contributed by atoms with E-state index < -0.39 is 0 Å². The average Bonchev–Trinajstić information content (AvgIpc) is 2.74. The summed E-state index contributed by atoms with van der Waals surface area (Å²) in [7, 11) is 0. The van der Waals surface area contributed by atoms with Crippen molar-refractivity contribution in [3.8, 4) is 17.6 Å². The normalized spacial score (nSPS) is 11.0. The third-order valence-corrected chi connectivity index (χ3v) is 5.11. The van der Waals surface area contributed by atoms with Gasteiger partial charge in [0.05, 0.1) is 18.2 Å². The quantitative estimate of drug-likeness (QED) is 0.273. The fourth-order valence-electron chi connectivity index (χ4n) is 2.74. The Kier molecular flexibility index (Phi) is 7.35. The minimum atomic E-state index is 0.395. The van der Waals surface area contributed by atoms with E-state index in [-0.39, 0.29) is 0 Å². The lowest BCUT2D eigenvalue weighted by molar-refractivity contribution is 0.269. The van der Waals surface area contributed by atoms with Crippen molar-refractivity contribution in [1.82, 2.24) is 0 Å². The minimum Gasteiger partial charge on any atom is -0.490 e. The molecule has 0 saturated heterocycles. The molecule has 0 N–H and O–H groups in total. The fourth-order valence-corrected chi connectivity index (χ4v) is 3.30. The molecule has 3 aromatic rings. The van der Waals surface area contributed by atoms with Gasteiger partial charge in [-0.05, 0) is 54.0 Å². The van der Waals surface area contributed by atoms with Crippen molar-refractivity contribution in [2.24, 2.45) is 0 Å². The van der Waals surface area contributed by atoms with Crippen LogP contribution in [-0.4, -0.2) is 6.61 Å². The number of nitriles is 1. The summed E-state index contributed by atoms with van der Waals surface area (Å²) in [5, 5.41) is 10.3. The molecular weight excluding hydrogens is 450 g/mol. The van der Waals surface area contributed by atoms with E-state index >= 15 is 0 Å². The van der Waals surface area contributed by atoms with Crippen molar-refractivity contribution in [1.29, 1.82) is 5.26 Å². The summed E-state index contributed by atoms with van der Waals surface area (Å²) in [5.41, 5.74) is 3.28. The zero-order valence-corrected chi connectivity index (χ0v) is 18.2. The summed E-state index contributed by atoms with van der Waals surface area (Å²) in [5.74, 6) is 1.25. The predicted molar refractivity (Wildman–Crippen MR) is 121 cm³/mol. The maximum atomic E-state index is 9.59. The maximum absolute atomic E-state index is 9.59. The van der Waals surface area contributed by atoms with Gasteiger partial charge >= 0.3 is 0 Å². The van der Waals surface area contributed by atoms with Gasteiger partial charge in [0, 0.05) is 9.50 Å². The Hall–Kier alpha value is -2.74. The zero-order valence-electron chi connectivity index (χ0n) is 15.9. The number of nitrogens with zero attached hydrogens (tertiary/aromatic N) is 1. The molecule has 0 aliphatic rings. The number of hydrogen-bond donors (Lipinski definition) is 0. The molecule has 29 heavy (non-hydrogen) atoms. The second-order valence-electron chi connectivity index (χ2n) is 6.20. The first-order valence-electron chi connectivity index (χ1n) is 9.11. The van der Waals surface area contributed by atoms with Crippen LogP contribution in [0.1, 0.15) is 23.6 Å². The molecule has 146 valence electrons. The molecule has 0 heterocycles. The van der Waals surface area contributed by atoms with E-state index in [1.807, 2.05) is 79.7 Å². The molecule has 3 rings (SSSR count). The van der Waals surface area contributed by atoms with Crippen LogP contribution in [-0.2, 0) is 6.61 Å². The third kappa shape index (κ3) is 5.63. The van der Waals surface area contributed by atoms with Crippen LogP contribution in [0, 0.1) is 11.3 Å². The smallest absolute Gasteiger partial charge is 0.162 e. The molecule has 0 unspecified atom stereocenters. The van der Waals surface area contributed by atoms with Crippen LogP contribution in [0.25, 0.3) is 11.6 Å². The van der Waals surface area contributed by atoms with Crippen molar-refractivity contribution in [2.45, 2.75) is 13.5 Å². The number of allylic oxidation sites excluding steroid dienone is 1. The highest BCUT2D eigenvalue weighted by molar-refractivity contribution is 9.10. The van der Waals surface area contributed by atoms with Crippen LogP contribution in [0.2, 0.25) is 5.02 Å². The van der Waals surface area contributed by atoms with Gasteiger partial charge < -0.3 is 9.47 Å². The summed E-state index contributed by atoms with van der Waals surface area (Å²) in [6.45, 7) is 2.82. The van der Waals surface area contributed by atoms with Gasteiger partial charge in [0.1, 0.15) is 6.61 Å². The summed E-state index contributed by atoms with van der Waals surface area (Å²) in [4.78, 5) is 0. The summed E-state index contributed by atoms with van der Waals surface area (Å²) < 4.78 is 12.6. The molecular formula is C24H19BrClNO2. The van der Waals surface area contributed by atoms with Crippen LogP contribution in [0.4, 0.5) is 0 Å². The van der Waals surface area contributed by atoms with E-state index in [1.54, 1.807) is 0 Å². The number of rotatable bonds is 7. The molecule has 3 aromatic carbocycles. The van der Waals surface area contributed by atoms with Crippen molar-refractivity contribution in [3.05, 3.63) is 92.9 Å². The second kappa shape index (κ2) is 10.2. The van der Waals surface area contributed by atoms with E-state index in [4.69, 9.17) is 21.1 Å². The summed E-state index contributed by atoms with van der Waals surface area (Å²) in [6, 6.07) is 23.1. The molecule has 0 amide bonds. The largest absolute Gasteiger partial charge is 0.490 e. The predicted octanol–water partition coefficient (Wildman–Crippen LogP) is 7.14. The first-order chi connectivity index (χ1) is 14.1. The van der Waals surface area contributed by atoms with Crippen LogP contribution >= 0.6 is 27.5 Å². The zero-order chi connectivity index (χ0) is 20.6. The maximum Gasteiger partial charge on any atom is 0.162 e. The molecule has 0 aliphatic carbocycles. The first kappa shape index (κ1) is 21.0. The van der Waals surface area contributed by atoms with Gasteiger partial charge in [-0.3, -0.25) is 0 Å². The van der Waals surface area contributed by atoms with Gasteiger partial charge in [0.2, 0.25) is 0 Å². The Morgan fingerprint density at radius 3 is 2.38 bits per heavy atom. The molecule has 0 aromatic heterocycles. The summed E-state index contributed by atoms with van der Waals surface area (Å²) >= 11 is 9.53. The van der Waals surface area contributed by atoms with Crippen LogP contribution < -0.4 is 9.47 Å². The highest BCUT2D eigenvalue weighted by Gasteiger charge is 2.12. The van der Waals surface area contributed by atoms with E-state index in [2.05, 4.69) is 22.0 Å². The van der Waals surface area contributed by atoms with Crippen LogP contribution in [0.5, 0.6) is 11.5 Å². The highest BCUT2D eigenvalue weighted by atomic mass is 79.9. The average molecular weight is 469 g/mol. The van der Waals surface area contributed by atoms with Crippen molar-refractivity contribution >= 4 is 39.2 Å². The Labute approximate surface area is 184 Å². The SMILES string of the molecule is CCOc1cc(/C=C(\C#N)c2ccccc2)c(Br)cc1OCc1ccc(Cl)cc1. The Morgan fingerprint density at radius 2 is 1.72 bits per heavy atom. The molecule has 0 bridgehead atoms. The fraction of sp³-hybridized carbons (Fsp3) is 0.125. The molecule has 0 radical (unpaired) electrons. The van der Waals surface area contributed by atoms with Gasteiger partial charge in [0.15, 0.2) is 11.5 Å². The van der Waals surface area contributed by atoms with E-state index in [1.165, 1.54) is 0 Å².